The molecule has 1 amide bonds. The average molecular weight is 373 g/mol. The van der Waals surface area contributed by atoms with Crippen molar-refractivity contribution in [3.05, 3.63) is 54.6 Å². The van der Waals surface area contributed by atoms with Crippen LogP contribution in [0.3, 0.4) is 0 Å². The van der Waals surface area contributed by atoms with Crippen LogP contribution in [0.2, 0.25) is 0 Å². The standard InChI is InChI=1S/C19H23N3O5/c23-18(27-17-8-4-5-11-25-17)16(12-22-10-9-20-14-22)21-19(24)26-13-15-6-2-1-3-7-15/h1-3,6-7,9-10,14,16-17H,4-5,8,11-13H2,(H,21,24)/t16?,17-/m0/s1. The number of imidazole rings is 1. The Morgan fingerprint density at radius 2 is 2.15 bits per heavy atom. The number of benzene rings is 1. The lowest BCUT2D eigenvalue weighted by Gasteiger charge is -2.25. The molecule has 0 aliphatic carbocycles. The van der Waals surface area contributed by atoms with Crippen LogP contribution in [0, 0.1) is 0 Å². The number of esters is 1. The van der Waals surface area contributed by atoms with E-state index < -0.39 is 24.4 Å². The monoisotopic (exact) mass is 373 g/mol. The van der Waals surface area contributed by atoms with Gasteiger partial charge in [0.2, 0.25) is 6.29 Å². The van der Waals surface area contributed by atoms with Crippen molar-refractivity contribution in [2.24, 2.45) is 0 Å². The van der Waals surface area contributed by atoms with Crippen molar-refractivity contribution in [3.63, 3.8) is 0 Å². The predicted octanol–water partition coefficient (Wildman–Crippen LogP) is 2.25. The topological polar surface area (TPSA) is 91.7 Å². The van der Waals surface area contributed by atoms with E-state index in [2.05, 4.69) is 10.3 Å². The molecule has 1 fully saturated rings. The van der Waals surface area contributed by atoms with Crippen molar-refractivity contribution in [2.45, 2.75) is 44.7 Å². The van der Waals surface area contributed by atoms with Crippen LogP contribution in [0.15, 0.2) is 49.1 Å². The van der Waals surface area contributed by atoms with Crippen LogP contribution in [-0.4, -0.2) is 40.6 Å². The summed E-state index contributed by atoms with van der Waals surface area (Å²) < 4.78 is 17.7. The molecule has 1 aromatic carbocycles. The number of aromatic nitrogens is 2. The molecule has 1 aromatic heterocycles. The third-order valence-electron chi connectivity index (χ3n) is 4.13. The highest BCUT2D eigenvalue weighted by molar-refractivity contribution is 5.81. The summed E-state index contributed by atoms with van der Waals surface area (Å²) in [6.45, 7) is 0.869. The SMILES string of the molecule is O=C(NC(Cn1ccnc1)C(=O)O[C@H]1CCCCO1)OCc1ccccc1. The van der Waals surface area contributed by atoms with Crippen molar-refractivity contribution in [1.29, 1.82) is 0 Å². The van der Waals surface area contributed by atoms with Crippen LogP contribution in [0.25, 0.3) is 0 Å². The van der Waals surface area contributed by atoms with Gasteiger partial charge in [-0.1, -0.05) is 30.3 Å². The molecule has 1 N–H and O–H groups in total. The second-order valence-corrected chi connectivity index (χ2v) is 6.25. The van der Waals surface area contributed by atoms with Crippen molar-refractivity contribution >= 4 is 12.1 Å². The van der Waals surface area contributed by atoms with E-state index in [1.807, 2.05) is 30.3 Å². The predicted molar refractivity (Wildman–Crippen MR) is 95.5 cm³/mol. The maximum absolute atomic E-state index is 12.5. The van der Waals surface area contributed by atoms with E-state index in [9.17, 15) is 9.59 Å². The lowest BCUT2D eigenvalue weighted by Crippen LogP contribution is -2.46. The first-order chi connectivity index (χ1) is 13.2. The number of carbonyl (C=O) groups is 2. The first kappa shape index (κ1) is 18.9. The van der Waals surface area contributed by atoms with Crippen LogP contribution >= 0.6 is 0 Å². The first-order valence-electron chi connectivity index (χ1n) is 8.96. The minimum absolute atomic E-state index is 0.116. The molecule has 0 radical (unpaired) electrons. The number of hydrogen-bond acceptors (Lipinski definition) is 6. The van der Waals surface area contributed by atoms with Crippen LogP contribution < -0.4 is 5.32 Å². The molecule has 1 saturated heterocycles. The summed E-state index contributed by atoms with van der Waals surface area (Å²) in [6.07, 6.45) is 6.15. The lowest BCUT2D eigenvalue weighted by molar-refractivity contribution is -0.189. The number of nitrogens with one attached hydrogen (secondary N) is 1. The van der Waals surface area contributed by atoms with Crippen molar-refractivity contribution in [1.82, 2.24) is 14.9 Å². The smallest absolute Gasteiger partial charge is 0.408 e. The highest BCUT2D eigenvalue weighted by Gasteiger charge is 2.27. The number of hydrogen-bond donors (Lipinski definition) is 1. The molecule has 0 saturated carbocycles. The molecule has 3 rings (SSSR count). The average Bonchev–Trinajstić information content (AvgIpc) is 3.21. The van der Waals surface area contributed by atoms with E-state index in [0.29, 0.717) is 13.0 Å². The van der Waals surface area contributed by atoms with Gasteiger partial charge in [0.25, 0.3) is 0 Å². The molecule has 2 heterocycles. The maximum atomic E-state index is 12.5. The van der Waals surface area contributed by atoms with Gasteiger partial charge in [-0.3, -0.25) is 0 Å². The summed E-state index contributed by atoms with van der Waals surface area (Å²) in [5, 5.41) is 2.58. The molecule has 0 bridgehead atoms. The van der Waals surface area contributed by atoms with Gasteiger partial charge in [0, 0.05) is 18.8 Å². The molecule has 1 aliphatic rings. The van der Waals surface area contributed by atoms with Gasteiger partial charge < -0.3 is 24.1 Å². The zero-order valence-corrected chi connectivity index (χ0v) is 15.0. The normalized spacial score (nSPS) is 17.7. The van der Waals surface area contributed by atoms with E-state index in [-0.39, 0.29) is 13.2 Å². The van der Waals surface area contributed by atoms with Gasteiger partial charge in [-0.2, -0.15) is 0 Å². The molecular weight excluding hydrogens is 350 g/mol. The first-order valence-corrected chi connectivity index (χ1v) is 8.96. The Morgan fingerprint density at radius 1 is 1.30 bits per heavy atom. The Bertz CT molecular complexity index is 714. The maximum Gasteiger partial charge on any atom is 0.408 e. The molecule has 2 aromatic rings. The summed E-state index contributed by atoms with van der Waals surface area (Å²) in [6, 6.07) is 8.40. The van der Waals surface area contributed by atoms with Crippen molar-refractivity contribution in [3.8, 4) is 0 Å². The number of carbonyl (C=O) groups excluding carboxylic acids is 2. The summed E-state index contributed by atoms with van der Waals surface area (Å²) in [5.74, 6) is -0.563. The Morgan fingerprint density at radius 3 is 2.85 bits per heavy atom. The summed E-state index contributed by atoms with van der Waals surface area (Å²) >= 11 is 0. The number of alkyl carbamates (subject to hydrolysis) is 1. The highest BCUT2D eigenvalue weighted by Crippen LogP contribution is 2.14. The van der Waals surface area contributed by atoms with Gasteiger partial charge in [-0.25, -0.2) is 14.6 Å². The van der Waals surface area contributed by atoms with E-state index >= 15 is 0 Å². The molecule has 1 unspecified atom stereocenters. The zero-order valence-electron chi connectivity index (χ0n) is 15.0. The Labute approximate surface area is 157 Å². The molecule has 0 spiro atoms. The van der Waals surface area contributed by atoms with E-state index in [1.165, 1.54) is 0 Å². The van der Waals surface area contributed by atoms with Gasteiger partial charge in [-0.15, -0.1) is 0 Å². The van der Waals surface area contributed by atoms with Crippen molar-refractivity contribution < 1.29 is 23.8 Å². The minimum atomic E-state index is -0.909. The summed E-state index contributed by atoms with van der Waals surface area (Å²) in [7, 11) is 0. The van der Waals surface area contributed by atoms with Crippen LogP contribution in [0.4, 0.5) is 4.79 Å². The molecule has 1 aliphatic heterocycles. The number of amides is 1. The second kappa shape index (κ2) is 9.72. The number of rotatable bonds is 7. The van der Waals surface area contributed by atoms with Gasteiger partial charge >= 0.3 is 12.1 Å². The third kappa shape index (κ3) is 6.10. The van der Waals surface area contributed by atoms with Gasteiger partial charge in [-0.05, 0) is 18.4 Å². The fourth-order valence-corrected chi connectivity index (χ4v) is 2.71. The van der Waals surface area contributed by atoms with Gasteiger partial charge in [0.1, 0.15) is 12.6 Å². The quantitative estimate of drug-likeness (QED) is 0.749. The summed E-state index contributed by atoms with van der Waals surface area (Å²) in [4.78, 5) is 28.6. The molecule has 2 atom stereocenters. The number of ether oxygens (including phenoxy) is 3. The minimum Gasteiger partial charge on any atom is -0.445 e. The fraction of sp³-hybridized carbons (Fsp3) is 0.421. The molecule has 8 nitrogen and oxygen atoms in total. The molecule has 27 heavy (non-hydrogen) atoms. The second-order valence-electron chi connectivity index (χ2n) is 6.25. The van der Waals surface area contributed by atoms with E-state index in [1.54, 1.807) is 23.3 Å². The third-order valence-corrected chi connectivity index (χ3v) is 4.13. The van der Waals surface area contributed by atoms with E-state index in [4.69, 9.17) is 14.2 Å². The fourth-order valence-electron chi connectivity index (χ4n) is 2.71. The van der Waals surface area contributed by atoms with Crippen LogP contribution in [0.5, 0.6) is 0 Å². The number of nitrogens with zero attached hydrogens (tertiary/aromatic N) is 2. The van der Waals surface area contributed by atoms with Crippen LogP contribution in [0.1, 0.15) is 24.8 Å². The van der Waals surface area contributed by atoms with Crippen molar-refractivity contribution in [2.75, 3.05) is 6.61 Å². The Balaban J connectivity index is 1.56. The molecular formula is C19H23N3O5. The molecule has 144 valence electrons. The van der Waals surface area contributed by atoms with Gasteiger partial charge in [0.05, 0.1) is 19.5 Å². The van der Waals surface area contributed by atoms with Gasteiger partial charge in [0.15, 0.2) is 0 Å². The Hall–Kier alpha value is -2.87. The molecule has 8 heteroatoms. The van der Waals surface area contributed by atoms with Crippen LogP contribution in [-0.2, 0) is 32.2 Å². The zero-order chi connectivity index (χ0) is 18.9. The lowest BCUT2D eigenvalue weighted by atomic mass is 10.2. The van der Waals surface area contributed by atoms with E-state index in [0.717, 1.165) is 18.4 Å². The Kier molecular flexibility index (Phi) is 6.81. The largest absolute Gasteiger partial charge is 0.445 e. The highest BCUT2D eigenvalue weighted by atomic mass is 16.7. The summed E-state index contributed by atoms with van der Waals surface area (Å²) in [5.41, 5.74) is 0.858.